The molecule has 1 aliphatic carbocycles. The Bertz CT molecular complexity index is 172. The highest BCUT2D eigenvalue weighted by Crippen LogP contribution is 2.28. The predicted molar refractivity (Wildman–Crippen MR) is 80.9 cm³/mol. The lowest BCUT2D eigenvalue weighted by Gasteiger charge is -2.12. The van der Waals surface area contributed by atoms with Gasteiger partial charge in [-0.05, 0) is 38.5 Å². The van der Waals surface area contributed by atoms with E-state index in [4.69, 9.17) is 0 Å². The molecule has 1 aliphatic rings. The fourth-order valence-electron chi connectivity index (χ4n) is 2.73. The fourth-order valence-corrected chi connectivity index (χ4v) is 3.52. The van der Waals surface area contributed by atoms with Crippen molar-refractivity contribution in [1.29, 1.82) is 0 Å². The molecule has 1 fully saturated rings. The minimum absolute atomic E-state index is 0.826. The van der Waals surface area contributed by atoms with E-state index in [1.54, 1.807) is 0 Å². The summed E-state index contributed by atoms with van der Waals surface area (Å²) in [5, 5.41) is 4.67. The van der Waals surface area contributed by atoms with Crippen molar-refractivity contribution in [3.8, 4) is 0 Å². The highest BCUT2D eigenvalue weighted by Gasteiger charge is 2.22. The molecule has 2 atom stereocenters. The third-order valence-corrected chi connectivity index (χ3v) is 5.03. The van der Waals surface area contributed by atoms with Crippen LogP contribution in [0.3, 0.4) is 0 Å². The van der Waals surface area contributed by atoms with Crippen LogP contribution in [-0.2, 0) is 0 Å². The Kier molecular flexibility index (Phi) is 9.27. The van der Waals surface area contributed by atoms with E-state index in [-0.39, 0.29) is 0 Å². The molecule has 0 spiro atoms. The predicted octanol–water partition coefficient (Wildman–Crippen LogP) is 4.61. The van der Waals surface area contributed by atoms with Crippen LogP contribution >= 0.6 is 11.8 Å². The van der Waals surface area contributed by atoms with Gasteiger partial charge in [-0.1, -0.05) is 45.4 Å². The molecule has 0 aromatic carbocycles. The lowest BCUT2D eigenvalue weighted by Crippen LogP contribution is -2.27. The maximum atomic E-state index is 3.73. The van der Waals surface area contributed by atoms with Gasteiger partial charge in [0.15, 0.2) is 0 Å². The summed E-state index contributed by atoms with van der Waals surface area (Å²) in [4.78, 5) is 0. The van der Waals surface area contributed by atoms with Gasteiger partial charge >= 0.3 is 0 Å². The van der Waals surface area contributed by atoms with Crippen LogP contribution in [0.15, 0.2) is 0 Å². The molecule has 0 aromatic heterocycles. The SMILES string of the molecule is CCCCCCCCCNC1CCC(SC)C1. The Morgan fingerprint density at radius 2 is 1.71 bits per heavy atom. The molecule has 0 radical (unpaired) electrons. The zero-order valence-corrected chi connectivity index (χ0v) is 12.7. The molecule has 2 heteroatoms. The van der Waals surface area contributed by atoms with Crippen LogP contribution in [0, 0.1) is 0 Å². The summed E-state index contributed by atoms with van der Waals surface area (Å²) >= 11 is 2.05. The van der Waals surface area contributed by atoms with Crippen LogP contribution in [0.1, 0.15) is 71.1 Å². The quantitative estimate of drug-likeness (QED) is 0.574. The van der Waals surface area contributed by atoms with E-state index in [1.807, 2.05) is 0 Å². The van der Waals surface area contributed by atoms with E-state index in [0.717, 1.165) is 11.3 Å². The Morgan fingerprint density at radius 3 is 2.35 bits per heavy atom. The van der Waals surface area contributed by atoms with Crippen molar-refractivity contribution in [3.05, 3.63) is 0 Å². The highest BCUT2D eigenvalue weighted by atomic mass is 32.2. The van der Waals surface area contributed by atoms with E-state index in [1.165, 1.54) is 70.8 Å². The summed E-state index contributed by atoms with van der Waals surface area (Å²) in [7, 11) is 0. The van der Waals surface area contributed by atoms with Crippen LogP contribution in [0.5, 0.6) is 0 Å². The van der Waals surface area contributed by atoms with Crippen molar-refractivity contribution in [2.45, 2.75) is 82.4 Å². The maximum Gasteiger partial charge on any atom is 0.00779 e. The molecular formula is C15H31NS. The summed E-state index contributed by atoms with van der Waals surface area (Å²) in [6, 6.07) is 0.826. The van der Waals surface area contributed by atoms with Crippen molar-refractivity contribution in [1.82, 2.24) is 5.32 Å². The van der Waals surface area contributed by atoms with E-state index < -0.39 is 0 Å². The van der Waals surface area contributed by atoms with Gasteiger partial charge < -0.3 is 5.32 Å². The van der Waals surface area contributed by atoms with Crippen LogP contribution in [0.4, 0.5) is 0 Å². The Hall–Kier alpha value is 0.310. The molecular weight excluding hydrogens is 226 g/mol. The first-order chi connectivity index (χ1) is 8.36. The average Bonchev–Trinajstić information content (AvgIpc) is 2.80. The number of rotatable bonds is 10. The third kappa shape index (κ3) is 7.35. The second-order valence-corrected chi connectivity index (χ2v) is 6.58. The summed E-state index contributed by atoms with van der Waals surface area (Å²) in [5.74, 6) is 0. The van der Waals surface area contributed by atoms with Gasteiger partial charge in [0.05, 0.1) is 0 Å². The van der Waals surface area contributed by atoms with Crippen LogP contribution in [0.2, 0.25) is 0 Å². The van der Waals surface area contributed by atoms with Crippen LogP contribution < -0.4 is 5.32 Å². The molecule has 1 saturated carbocycles. The van der Waals surface area contributed by atoms with Gasteiger partial charge in [-0.15, -0.1) is 0 Å². The first-order valence-corrected chi connectivity index (χ1v) is 8.91. The zero-order chi connectivity index (χ0) is 12.3. The third-order valence-electron chi connectivity index (χ3n) is 3.93. The summed E-state index contributed by atoms with van der Waals surface area (Å²) in [6.07, 6.45) is 16.4. The molecule has 2 unspecified atom stereocenters. The smallest absolute Gasteiger partial charge is 0.00779 e. The molecule has 102 valence electrons. The summed E-state index contributed by atoms with van der Waals surface area (Å²) < 4.78 is 0. The number of hydrogen-bond acceptors (Lipinski definition) is 2. The Balaban J connectivity index is 1.81. The Labute approximate surface area is 113 Å². The standard InChI is InChI=1S/C15H31NS/c1-3-4-5-6-7-8-9-12-16-14-10-11-15(13-14)17-2/h14-16H,3-13H2,1-2H3. The van der Waals surface area contributed by atoms with Crippen LogP contribution in [0.25, 0.3) is 0 Å². The molecule has 0 heterocycles. The van der Waals surface area contributed by atoms with Gasteiger partial charge in [-0.25, -0.2) is 0 Å². The fraction of sp³-hybridized carbons (Fsp3) is 1.00. The largest absolute Gasteiger partial charge is 0.314 e. The topological polar surface area (TPSA) is 12.0 Å². The number of hydrogen-bond donors (Lipinski definition) is 1. The monoisotopic (exact) mass is 257 g/mol. The van der Waals surface area contributed by atoms with E-state index in [9.17, 15) is 0 Å². The second kappa shape index (κ2) is 10.3. The van der Waals surface area contributed by atoms with Gasteiger partial charge in [-0.2, -0.15) is 11.8 Å². The number of nitrogens with one attached hydrogen (secondary N) is 1. The minimum atomic E-state index is 0.826. The van der Waals surface area contributed by atoms with Gasteiger partial charge in [0.2, 0.25) is 0 Å². The molecule has 0 saturated heterocycles. The molecule has 0 bridgehead atoms. The molecule has 17 heavy (non-hydrogen) atoms. The lowest BCUT2D eigenvalue weighted by atomic mass is 10.1. The second-order valence-electron chi connectivity index (χ2n) is 5.44. The van der Waals surface area contributed by atoms with Gasteiger partial charge in [0.1, 0.15) is 0 Å². The molecule has 0 aromatic rings. The Morgan fingerprint density at radius 1 is 1.00 bits per heavy atom. The van der Waals surface area contributed by atoms with Gasteiger partial charge in [0.25, 0.3) is 0 Å². The zero-order valence-electron chi connectivity index (χ0n) is 11.8. The van der Waals surface area contributed by atoms with Crippen molar-refractivity contribution in [2.24, 2.45) is 0 Å². The van der Waals surface area contributed by atoms with E-state index >= 15 is 0 Å². The first-order valence-electron chi connectivity index (χ1n) is 7.63. The van der Waals surface area contributed by atoms with Crippen molar-refractivity contribution < 1.29 is 0 Å². The molecule has 0 aliphatic heterocycles. The maximum absolute atomic E-state index is 3.73. The minimum Gasteiger partial charge on any atom is -0.314 e. The van der Waals surface area contributed by atoms with Crippen molar-refractivity contribution in [2.75, 3.05) is 12.8 Å². The normalized spacial score (nSPS) is 24.4. The van der Waals surface area contributed by atoms with Crippen molar-refractivity contribution in [3.63, 3.8) is 0 Å². The number of unbranched alkanes of at least 4 members (excludes halogenated alkanes) is 6. The molecule has 0 amide bonds. The molecule has 1 N–H and O–H groups in total. The number of thioether (sulfide) groups is 1. The molecule has 1 rings (SSSR count). The summed E-state index contributed by atoms with van der Waals surface area (Å²) in [6.45, 7) is 3.53. The van der Waals surface area contributed by atoms with E-state index in [0.29, 0.717) is 0 Å². The summed E-state index contributed by atoms with van der Waals surface area (Å²) in [5.41, 5.74) is 0. The van der Waals surface area contributed by atoms with Crippen LogP contribution in [-0.4, -0.2) is 24.1 Å². The average molecular weight is 257 g/mol. The highest BCUT2D eigenvalue weighted by molar-refractivity contribution is 7.99. The lowest BCUT2D eigenvalue weighted by molar-refractivity contribution is 0.496. The van der Waals surface area contributed by atoms with E-state index in [2.05, 4.69) is 30.3 Å². The van der Waals surface area contributed by atoms with Crippen molar-refractivity contribution >= 4 is 11.8 Å². The molecule has 1 nitrogen and oxygen atoms in total. The van der Waals surface area contributed by atoms with Gasteiger partial charge in [0, 0.05) is 11.3 Å². The first kappa shape index (κ1) is 15.4. The van der Waals surface area contributed by atoms with Gasteiger partial charge in [-0.3, -0.25) is 0 Å².